The second-order valence-corrected chi connectivity index (χ2v) is 8.84. The summed E-state index contributed by atoms with van der Waals surface area (Å²) in [6.07, 6.45) is 0. The van der Waals surface area contributed by atoms with Crippen LogP contribution >= 0.6 is 27.3 Å². The smallest absolute Gasteiger partial charge is 0.341 e. The van der Waals surface area contributed by atoms with Gasteiger partial charge in [0.05, 0.1) is 35.4 Å². The molecule has 0 spiro atoms. The number of halogens is 1. The summed E-state index contributed by atoms with van der Waals surface area (Å²) in [5, 5.41) is 3.04. The Morgan fingerprint density at radius 3 is 2.25 bits per heavy atom. The molecule has 3 aromatic rings. The summed E-state index contributed by atoms with van der Waals surface area (Å²) in [7, 11) is 0. The van der Waals surface area contributed by atoms with Crippen LogP contribution in [0, 0.1) is 0 Å². The first-order valence-electron chi connectivity index (χ1n) is 9.71. The summed E-state index contributed by atoms with van der Waals surface area (Å²) in [5.41, 5.74) is 1.27. The summed E-state index contributed by atoms with van der Waals surface area (Å²) in [4.78, 5) is 52.3. The number of hydrogen-bond acceptors (Lipinski definition) is 6. The van der Waals surface area contributed by atoms with Crippen LogP contribution in [-0.2, 0) is 11.3 Å². The van der Waals surface area contributed by atoms with E-state index in [1.807, 2.05) is 0 Å². The Morgan fingerprint density at radius 2 is 1.62 bits per heavy atom. The largest absolute Gasteiger partial charge is 0.462 e. The molecule has 1 aliphatic rings. The van der Waals surface area contributed by atoms with Gasteiger partial charge in [-0.05, 0) is 53.2 Å². The maximum absolute atomic E-state index is 12.8. The van der Waals surface area contributed by atoms with Gasteiger partial charge in [-0.2, -0.15) is 0 Å². The van der Waals surface area contributed by atoms with E-state index in [1.54, 1.807) is 61.5 Å². The lowest BCUT2D eigenvalue weighted by Crippen LogP contribution is -2.28. The number of nitrogens with zero attached hydrogens (tertiary/aromatic N) is 1. The molecule has 2 heterocycles. The maximum Gasteiger partial charge on any atom is 0.341 e. The van der Waals surface area contributed by atoms with Gasteiger partial charge in [0.15, 0.2) is 0 Å². The third-order valence-corrected chi connectivity index (χ3v) is 6.54. The number of rotatable bonds is 6. The number of carbonyl (C=O) groups is 4. The Kier molecular flexibility index (Phi) is 6.20. The van der Waals surface area contributed by atoms with Gasteiger partial charge in [0.1, 0.15) is 5.00 Å². The number of benzene rings is 2. The molecule has 162 valence electrons. The summed E-state index contributed by atoms with van der Waals surface area (Å²) in [6.45, 7) is 1.83. The zero-order chi connectivity index (χ0) is 22.8. The Morgan fingerprint density at radius 1 is 1.00 bits per heavy atom. The van der Waals surface area contributed by atoms with Gasteiger partial charge in [0.2, 0.25) is 0 Å². The van der Waals surface area contributed by atoms with Crippen LogP contribution in [0.15, 0.2) is 59.1 Å². The molecule has 32 heavy (non-hydrogen) atoms. The Labute approximate surface area is 196 Å². The zero-order valence-electron chi connectivity index (χ0n) is 16.9. The first-order chi connectivity index (χ1) is 15.4. The third-order valence-electron chi connectivity index (χ3n) is 4.82. The van der Waals surface area contributed by atoms with E-state index < -0.39 is 23.7 Å². The van der Waals surface area contributed by atoms with E-state index in [2.05, 4.69) is 21.2 Å². The van der Waals surface area contributed by atoms with Gasteiger partial charge in [0, 0.05) is 9.35 Å². The van der Waals surface area contributed by atoms with E-state index in [1.165, 1.54) is 0 Å². The molecule has 0 atom stereocenters. The van der Waals surface area contributed by atoms with Gasteiger partial charge in [-0.3, -0.25) is 19.3 Å². The number of nitrogens with one attached hydrogen (secondary N) is 1. The van der Waals surface area contributed by atoms with Crippen molar-refractivity contribution in [1.29, 1.82) is 0 Å². The molecule has 7 nitrogen and oxygen atoms in total. The Bertz CT molecular complexity index is 1220. The molecule has 3 amide bonds. The lowest BCUT2D eigenvalue weighted by molar-refractivity contribution is 0.0527. The topological polar surface area (TPSA) is 92.8 Å². The molecule has 0 aliphatic carbocycles. The van der Waals surface area contributed by atoms with Crippen molar-refractivity contribution in [3.05, 3.63) is 86.2 Å². The summed E-state index contributed by atoms with van der Waals surface area (Å²) < 4.78 is 5.72. The normalized spacial score (nSPS) is 12.6. The number of thiophene rings is 1. The van der Waals surface area contributed by atoms with Crippen molar-refractivity contribution in [2.24, 2.45) is 0 Å². The summed E-state index contributed by atoms with van der Waals surface area (Å²) in [5.74, 6) is -1.79. The lowest BCUT2D eigenvalue weighted by atomic mass is 10.1. The SMILES string of the molecule is CCOC(=O)c1cc(CN2C(=O)c3ccccc3C2=O)sc1NC(=O)c1ccccc1Br. The van der Waals surface area contributed by atoms with E-state index in [9.17, 15) is 19.2 Å². The summed E-state index contributed by atoms with van der Waals surface area (Å²) in [6, 6.07) is 15.1. The number of amides is 3. The van der Waals surface area contributed by atoms with E-state index >= 15 is 0 Å². The van der Waals surface area contributed by atoms with Crippen molar-refractivity contribution in [3.63, 3.8) is 0 Å². The fraction of sp³-hybridized carbons (Fsp3) is 0.130. The second-order valence-electron chi connectivity index (χ2n) is 6.85. The van der Waals surface area contributed by atoms with Crippen LogP contribution in [0.25, 0.3) is 0 Å². The molecule has 1 aromatic heterocycles. The quantitative estimate of drug-likeness (QED) is 0.380. The van der Waals surface area contributed by atoms with Crippen LogP contribution in [0.5, 0.6) is 0 Å². The predicted octanol–water partition coefficient (Wildman–Crippen LogP) is 4.74. The van der Waals surface area contributed by atoms with Crippen LogP contribution in [0.1, 0.15) is 53.2 Å². The molecule has 0 fully saturated rings. The minimum atomic E-state index is -0.597. The highest BCUT2D eigenvalue weighted by atomic mass is 79.9. The Hall–Kier alpha value is -3.30. The monoisotopic (exact) mass is 512 g/mol. The minimum Gasteiger partial charge on any atom is -0.462 e. The van der Waals surface area contributed by atoms with Gasteiger partial charge >= 0.3 is 5.97 Å². The second kappa shape index (κ2) is 9.05. The molecule has 2 aromatic carbocycles. The highest BCUT2D eigenvalue weighted by Gasteiger charge is 2.35. The van der Waals surface area contributed by atoms with Crippen molar-refractivity contribution in [1.82, 2.24) is 4.90 Å². The molecule has 4 rings (SSSR count). The van der Waals surface area contributed by atoms with Gasteiger partial charge < -0.3 is 10.1 Å². The standard InChI is InChI=1S/C23H17BrN2O5S/c1-2-31-23(30)17-11-13(12-26-21(28)14-7-3-4-8-15(14)22(26)29)32-20(17)25-19(27)16-9-5-6-10-18(16)24/h3-11H,2,12H2,1H3,(H,25,27). The van der Waals surface area contributed by atoms with Crippen LogP contribution in [0.3, 0.4) is 0 Å². The van der Waals surface area contributed by atoms with E-state index in [4.69, 9.17) is 4.74 Å². The minimum absolute atomic E-state index is 0.0195. The molecular formula is C23H17BrN2O5S. The van der Waals surface area contributed by atoms with Crippen molar-refractivity contribution in [3.8, 4) is 0 Å². The molecule has 0 radical (unpaired) electrons. The average Bonchev–Trinajstić information content (AvgIpc) is 3.29. The van der Waals surface area contributed by atoms with Gasteiger partial charge in [-0.1, -0.05) is 24.3 Å². The van der Waals surface area contributed by atoms with Crippen molar-refractivity contribution >= 4 is 56.0 Å². The van der Waals surface area contributed by atoms with Crippen molar-refractivity contribution in [2.75, 3.05) is 11.9 Å². The molecule has 1 aliphatic heterocycles. The van der Waals surface area contributed by atoms with Crippen molar-refractivity contribution in [2.45, 2.75) is 13.5 Å². The highest BCUT2D eigenvalue weighted by Crippen LogP contribution is 2.33. The van der Waals surface area contributed by atoms with Crippen molar-refractivity contribution < 1.29 is 23.9 Å². The fourth-order valence-electron chi connectivity index (χ4n) is 3.33. The molecule has 0 bridgehead atoms. The number of hydrogen-bond donors (Lipinski definition) is 1. The lowest BCUT2D eigenvalue weighted by Gasteiger charge is -2.12. The third kappa shape index (κ3) is 4.09. The number of esters is 1. The van der Waals surface area contributed by atoms with E-state index in [0.717, 1.165) is 16.2 Å². The predicted molar refractivity (Wildman–Crippen MR) is 123 cm³/mol. The number of ether oxygens (including phenoxy) is 1. The first kappa shape index (κ1) is 21.9. The van der Waals surface area contributed by atoms with E-state index in [-0.39, 0.29) is 23.7 Å². The van der Waals surface area contributed by atoms with Crippen LogP contribution in [0.2, 0.25) is 0 Å². The molecule has 0 saturated heterocycles. The van der Waals surface area contributed by atoms with Gasteiger partial charge in [-0.25, -0.2) is 4.79 Å². The molecule has 0 saturated carbocycles. The first-order valence-corrected chi connectivity index (χ1v) is 11.3. The molecule has 0 unspecified atom stereocenters. The number of imide groups is 1. The average molecular weight is 513 g/mol. The zero-order valence-corrected chi connectivity index (χ0v) is 19.3. The maximum atomic E-state index is 12.8. The van der Waals surface area contributed by atoms with Crippen LogP contribution in [0.4, 0.5) is 5.00 Å². The van der Waals surface area contributed by atoms with Crippen LogP contribution < -0.4 is 5.32 Å². The van der Waals surface area contributed by atoms with Gasteiger partial charge in [-0.15, -0.1) is 11.3 Å². The number of fused-ring (bicyclic) bond motifs is 1. The number of carbonyl (C=O) groups excluding carboxylic acids is 4. The Balaban J connectivity index is 1.62. The van der Waals surface area contributed by atoms with E-state index in [0.29, 0.717) is 26.0 Å². The molecule has 1 N–H and O–H groups in total. The van der Waals surface area contributed by atoms with Gasteiger partial charge in [0.25, 0.3) is 17.7 Å². The molecule has 9 heteroatoms. The highest BCUT2D eigenvalue weighted by molar-refractivity contribution is 9.10. The van der Waals surface area contributed by atoms with Crippen LogP contribution in [-0.4, -0.2) is 35.2 Å². The number of anilines is 1. The molecular weight excluding hydrogens is 496 g/mol. The fourth-order valence-corrected chi connectivity index (χ4v) is 4.82. The summed E-state index contributed by atoms with van der Waals surface area (Å²) >= 11 is 4.46.